The van der Waals surface area contributed by atoms with Crippen molar-refractivity contribution in [2.45, 2.75) is 12.8 Å². The second kappa shape index (κ2) is 3.17. The van der Waals surface area contributed by atoms with Gasteiger partial charge in [-0.15, -0.1) is 0 Å². The molecule has 0 bridgehead atoms. The molecule has 1 amide bonds. The molecule has 0 radical (unpaired) electrons. The molecule has 0 spiro atoms. The van der Waals surface area contributed by atoms with E-state index < -0.39 is 0 Å². The fraction of sp³-hybridized carbons (Fsp3) is 0.300. The van der Waals surface area contributed by atoms with Crippen LogP contribution in [0.3, 0.4) is 0 Å². The molecule has 0 aliphatic carbocycles. The zero-order valence-corrected chi connectivity index (χ0v) is 7.14. The number of aryl methyl sites for hydroxylation is 1. The predicted octanol–water partition coefficient (Wildman–Crippen LogP) is 1.50. The number of hydrogen-bond acceptors (Lipinski definition) is 1. The first kappa shape index (κ1) is 8.23. The van der Waals surface area contributed by atoms with E-state index in [0.717, 1.165) is 18.4 Å². The van der Waals surface area contributed by atoms with Crippen LogP contribution in [0.5, 0.6) is 0 Å². The lowest BCUT2D eigenvalue weighted by atomic mass is 10.0. The van der Waals surface area contributed by atoms with Gasteiger partial charge in [-0.1, -0.05) is 6.07 Å². The molecular weight excluding hydrogens is 169 g/mol. The SMILES string of the molecule is O=C1NCCCc2ccc(F)cc21. The first-order valence-electron chi connectivity index (χ1n) is 4.34. The van der Waals surface area contributed by atoms with E-state index in [1.165, 1.54) is 12.1 Å². The van der Waals surface area contributed by atoms with Gasteiger partial charge in [0, 0.05) is 12.1 Å². The van der Waals surface area contributed by atoms with Crippen molar-refractivity contribution in [1.29, 1.82) is 0 Å². The van der Waals surface area contributed by atoms with Crippen molar-refractivity contribution in [3.8, 4) is 0 Å². The van der Waals surface area contributed by atoms with Gasteiger partial charge in [-0.05, 0) is 30.5 Å². The Morgan fingerprint density at radius 1 is 1.38 bits per heavy atom. The van der Waals surface area contributed by atoms with Crippen molar-refractivity contribution in [2.24, 2.45) is 0 Å². The summed E-state index contributed by atoms with van der Waals surface area (Å²) in [4.78, 5) is 11.4. The van der Waals surface area contributed by atoms with Crippen LogP contribution < -0.4 is 5.32 Å². The standard InChI is InChI=1S/C10H10FNO/c11-8-4-3-7-2-1-5-12-10(13)9(7)6-8/h3-4,6H,1-2,5H2,(H,12,13). The van der Waals surface area contributed by atoms with Crippen LogP contribution in [0.2, 0.25) is 0 Å². The maximum absolute atomic E-state index is 12.8. The van der Waals surface area contributed by atoms with Gasteiger partial charge in [0.1, 0.15) is 5.82 Å². The molecule has 1 heterocycles. The summed E-state index contributed by atoms with van der Waals surface area (Å²) < 4.78 is 12.8. The van der Waals surface area contributed by atoms with Crippen LogP contribution >= 0.6 is 0 Å². The Morgan fingerprint density at radius 3 is 3.08 bits per heavy atom. The van der Waals surface area contributed by atoms with E-state index in [4.69, 9.17) is 0 Å². The fourth-order valence-electron chi connectivity index (χ4n) is 1.55. The average molecular weight is 179 g/mol. The van der Waals surface area contributed by atoms with E-state index in [2.05, 4.69) is 5.32 Å². The molecule has 3 heteroatoms. The summed E-state index contributed by atoms with van der Waals surface area (Å²) in [6.07, 6.45) is 1.76. The molecule has 13 heavy (non-hydrogen) atoms. The topological polar surface area (TPSA) is 29.1 Å². The summed E-state index contributed by atoms with van der Waals surface area (Å²) in [5, 5.41) is 2.72. The Hall–Kier alpha value is -1.38. The second-order valence-corrected chi connectivity index (χ2v) is 3.16. The van der Waals surface area contributed by atoms with E-state index in [0.29, 0.717) is 12.1 Å². The first-order chi connectivity index (χ1) is 6.27. The summed E-state index contributed by atoms with van der Waals surface area (Å²) in [6.45, 7) is 0.676. The lowest BCUT2D eigenvalue weighted by Gasteiger charge is -2.02. The van der Waals surface area contributed by atoms with Gasteiger partial charge in [-0.25, -0.2) is 4.39 Å². The fourth-order valence-corrected chi connectivity index (χ4v) is 1.55. The van der Waals surface area contributed by atoms with E-state index in [-0.39, 0.29) is 11.7 Å². The van der Waals surface area contributed by atoms with Crippen LogP contribution in [-0.4, -0.2) is 12.5 Å². The molecule has 0 unspecified atom stereocenters. The van der Waals surface area contributed by atoms with Gasteiger partial charge in [0.05, 0.1) is 0 Å². The Balaban J connectivity index is 2.49. The lowest BCUT2D eigenvalue weighted by molar-refractivity contribution is 0.0955. The maximum atomic E-state index is 12.8. The predicted molar refractivity (Wildman–Crippen MR) is 47.1 cm³/mol. The highest BCUT2D eigenvalue weighted by atomic mass is 19.1. The largest absolute Gasteiger partial charge is 0.352 e. The quantitative estimate of drug-likeness (QED) is 0.642. The molecule has 0 atom stereocenters. The van der Waals surface area contributed by atoms with Crippen molar-refractivity contribution < 1.29 is 9.18 Å². The monoisotopic (exact) mass is 179 g/mol. The van der Waals surface area contributed by atoms with Gasteiger partial charge in [-0.3, -0.25) is 4.79 Å². The van der Waals surface area contributed by atoms with Gasteiger partial charge in [-0.2, -0.15) is 0 Å². The highest BCUT2D eigenvalue weighted by Crippen LogP contribution is 2.15. The van der Waals surface area contributed by atoms with Crippen molar-refractivity contribution in [3.63, 3.8) is 0 Å². The molecule has 68 valence electrons. The van der Waals surface area contributed by atoms with Gasteiger partial charge in [0.2, 0.25) is 0 Å². The van der Waals surface area contributed by atoms with Crippen LogP contribution in [0.1, 0.15) is 22.3 Å². The number of rotatable bonds is 0. The molecule has 0 fully saturated rings. The van der Waals surface area contributed by atoms with Crippen LogP contribution in [0.4, 0.5) is 4.39 Å². The molecule has 1 aromatic rings. The van der Waals surface area contributed by atoms with Gasteiger partial charge < -0.3 is 5.32 Å². The van der Waals surface area contributed by atoms with E-state index in [1.807, 2.05) is 0 Å². The Morgan fingerprint density at radius 2 is 2.23 bits per heavy atom. The molecule has 1 N–H and O–H groups in total. The van der Waals surface area contributed by atoms with Crippen molar-refractivity contribution in [1.82, 2.24) is 5.32 Å². The van der Waals surface area contributed by atoms with Gasteiger partial charge >= 0.3 is 0 Å². The molecule has 0 saturated heterocycles. The highest BCUT2D eigenvalue weighted by Gasteiger charge is 2.14. The number of amides is 1. The molecule has 0 aromatic heterocycles. The van der Waals surface area contributed by atoms with Crippen LogP contribution in [0.25, 0.3) is 0 Å². The Bertz CT molecular complexity index is 349. The zero-order chi connectivity index (χ0) is 9.26. The highest BCUT2D eigenvalue weighted by molar-refractivity contribution is 5.96. The summed E-state index contributed by atoms with van der Waals surface area (Å²) in [5.41, 5.74) is 1.42. The molecule has 1 aliphatic heterocycles. The van der Waals surface area contributed by atoms with E-state index >= 15 is 0 Å². The number of benzene rings is 1. The van der Waals surface area contributed by atoms with Crippen LogP contribution in [0, 0.1) is 5.82 Å². The number of hydrogen-bond donors (Lipinski definition) is 1. The third-order valence-corrected chi connectivity index (χ3v) is 2.22. The first-order valence-corrected chi connectivity index (χ1v) is 4.34. The molecule has 0 saturated carbocycles. The smallest absolute Gasteiger partial charge is 0.251 e. The molecule has 1 aliphatic rings. The third-order valence-electron chi connectivity index (χ3n) is 2.22. The summed E-state index contributed by atoms with van der Waals surface area (Å²) in [5.74, 6) is -0.511. The number of carbonyl (C=O) groups excluding carboxylic acids is 1. The van der Waals surface area contributed by atoms with Crippen molar-refractivity contribution in [2.75, 3.05) is 6.54 Å². The minimum Gasteiger partial charge on any atom is -0.352 e. The molecule has 2 nitrogen and oxygen atoms in total. The van der Waals surface area contributed by atoms with Crippen molar-refractivity contribution in [3.05, 3.63) is 35.1 Å². The molecule has 2 rings (SSSR count). The van der Waals surface area contributed by atoms with E-state index in [9.17, 15) is 9.18 Å². The third kappa shape index (κ3) is 1.54. The van der Waals surface area contributed by atoms with Crippen LogP contribution in [-0.2, 0) is 6.42 Å². The van der Waals surface area contributed by atoms with Gasteiger partial charge in [0.15, 0.2) is 0 Å². The normalized spacial score (nSPS) is 15.9. The second-order valence-electron chi connectivity index (χ2n) is 3.16. The number of nitrogens with one attached hydrogen (secondary N) is 1. The average Bonchev–Trinajstić information content (AvgIpc) is 2.29. The van der Waals surface area contributed by atoms with Gasteiger partial charge in [0.25, 0.3) is 5.91 Å². The molecular formula is C10H10FNO. The summed E-state index contributed by atoms with van der Waals surface area (Å²) >= 11 is 0. The number of halogens is 1. The number of carbonyl (C=O) groups is 1. The minimum atomic E-state index is -0.351. The lowest BCUT2D eigenvalue weighted by Crippen LogP contribution is -2.22. The van der Waals surface area contributed by atoms with E-state index in [1.54, 1.807) is 6.07 Å². The summed E-state index contributed by atoms with van der Waals surface area (Å²) in [6, 6.07) is 4.39. The minimum absolute atomic E-state index is 0.160. The Kier molecular flexibility index (Phi) is 2.00. The number of fused-ring (bicyclic) bond motifs is 1. The zero-order valence-electron chi connectivity index (χ0n) is 7.14. The maximum Gasteiger partial charge on any atom is 0.251 e. The van der Waals surface area contributed by atoms with Crippen LogP contribution in [0.15, 0.2) is 18.2 Å². The Labute approximate surface area is 75.8 Å². The summed E-state index contributed by atoms with van der Waals surface area (Å²) in [7, 11) is 0. The van der Waals surface area contributed by atoms with Crippen molar-refractivity contribution >= 4 is 5.91 Å². The molecule has 1 aromatic carbocycles.